The van der Waals surface area contributed by atoms with Gasteiger partial charge in [-0.1, -0.05) is 0 Å². The van der Waals surface area contributed by atoms with Crippen LogP contribution in [-0.4, -0.2) is 58.5 Å². The third-order valence-corrected chi connectivity index (χ3v) is 6.36. The molecule has 0 atom stereocenters. The highest BCUT2D eigenvalue weighted by Crippen LogP contribution is 2.36. The molecule has 0 saturated heterocycles. The maximum absolute atomic E-state index is 13.2. The summed E-state index contributed by atoms with van der Waals surface area (Å²) in [6, 6.07) is 8.02. The molecular formula is C25H30N6O6. The molecule has 0 radical (unpaired) electrons. The van der Waals surface area contributed by atoms with E-state index in [1.807, 2.05) is 0 Å². The van der Waals surface area contributed by atoms with Crippen LogP contribution in [0.3, 0.4) is 0 Å². The van der Waals surface area contributed by atoms with Crippen molar-refractivity contribution in [3.05, 3.63) is 52.2 Å². The van der Waals surface area contributed by atoms with E-state index in [2.05, 4.69) is 10.6 Å². The smallest absolute Gasteiger partial charge is 0.325 e. The number of nitrogens with zero attached hydrogens (tertiary/aromatic N) is 3. The highest BCUT2D eigenvalue weighted by Gasteiger charge is 2.25. The molecular weight excluding hydrogens is 480 g/mol. The molecule has 3 aromatic rings. The third-order valence-electron chi connectivity index (χ3n) is 6.36. The maximum atomic E-state index is 13.2. The van der Waals surface area contributed by atoms with Gasteiger partial charge in [0.05, 0.1) is 24.2 Å². The molecule has 0 bridgehead atoms. The molecule has 12 heteroatoms. The number of carbonyl (C=O) groups excluding carboxylic acids is 2. The van der Waals surface area contributed by atoms with E-state index in [0.717, 1.165) is 25.7 Å². The summed E-state index contributed by atoms with van der Waals surface area (Å²) in [6.07, 6.45) is 5.00. The molecule has 2 aromatic heterocycles. The van der Waals surface area contributed by atoms with Crippen LogP contribution in [0.1, 0.15) is 43.0 Å². The van der Waals surface area contributed by atoms with Crippen LogP contribution >= 0.6 is 0 Å². The van der Waals surface area contributed by atoms with E-state index in [4.69, 9.17) is 20.2 Å². The molecule has 37 heavy (non-hydrogen) atoms. The van der Waals surface area contributed by atoms with Gasteiger partial charge in [0.2, 0.25) is 0 Å². The molecule has 0 aliphatic heterocycles. The lowest BCUT2D eigenvalue weighted by Crippen LogP contribution is -2.40. The lowest BCUT2D eigenvalue weighted by Gasteiger charge is -2.26. The van der Waals surface area contributed by atoms with Crippen LogP contribution in [-0.2, 0) is 9.53 Å². The van der Waals surface area contributed by atoms with E-state index < -0.39 is 10.9 Å². The Kier molecular flexibility index (Phi) is 7.87. The Bertz CT molecular complexity index is 1310. The van der Waals surface area contributed by atoms with Crippen molar-refractivity contribution in [2.75, 3.05) is 25.6 Å². The zero-order valence-electron chi connectivity index (χ0n) is 20.7. The van der Waals surface area contributed by atoms with Crippen molar-refractivity contribution in [2.45, 2.75) is 44.7 Å². The molecule has 1 aliphatic rings. The van der Waals surface area contributed by atoms with Gasteiger partial charge < -0.3 is 25.8 Å². The number of methoxy groups -OCH3 is 1. The zero-order chi connectivity index (χ0) is 26.5. The zero-order valence-corrected chi connectivity index (χ0v) is 20.7. The number of anilines is 1. The van der Waals surface area contributed by atoms with Crippen molar-refractivity contribution < 1.29 is 24.0 Å². The van der Waals surface area contributed by atoms with Gasteiger partial charge in [0, 0.05) is 29.9 Å². The Morgan fingerprint density at radius 1 is 1.24 bits per heavy atom. The van der Waals surface area contributed by atoms with Gasteiger partial charge >= 0.3 is 11.7 Å². The molecule has 12 nitrogen and oxygen atoms in total. The highest BCUT2D eigenvalue weighted by molar-refractivity contribution is 6.01. The Labute approximate surface area is 213 Å². The van der Waals surface area contributed by atoms with Gasteiger partial charge in [-0.05, 0) is 56.9 Å². The number of aromatic nitrogens is 2. The number of amides is 1. The van der Waals surface area contributed by atoms with Crippen molar-refractivity contribution in [3.8, 4) is 17.0 Å². The first-order valence-corrected chi connectivity index (χ1v) is 12.1. The number of nitrogens with one attached hydrogen (secondary N) is 2. The number of hydrogen-bond donors (Lipinski definition) is 3. The lowest BCUT2D eigenvalue weighted by molar-refractivity contribution is -0.385. The fourth-order valence-corrected chi connectivity index (χ4v) is 4.49. The summed E-state index contributed by atoms with van der Waals surface area (Å²) >= 11 is 0. The second kappa shape index (κ2) is 11.2. The minimum absolute atomic E-state index is 0.0210. The maximum Gasteiger partial charge on any atom is 0.325 e. The van der Waals surface area contributed by atoms with Crippen molar-refractivity contribution in [2.24, 2.45) is 5.73 Å². The van der Waals surface area contributed by atoms with Crippen molar-refractivity contribution in [1.29, 1.82) is 0 Å². The van der Waals surface area contributed by atoms with Gasteiger partial charge in [-0.25, -0.2) is 4.98 Å². The minimum atomic E-state index is -0.543. The molecule has 4 N–H and O–H groups in total. The van der Waals surface area contributed by atoms with Gasteiger partial charge in [0.15, 0.2) is 11.4 Å². The van der Waals surface area contributed by atoms with Crippen LogP contribution in [0.5, 0.6) is 5.75 Å². The fraction of sp³-hybridized carbons (Fsp3) is 0.400. The molecule has 1 saturated carbocycles. The van der Waals surface area contributed by atoms with Gasteiger partial charge in [0.25, 0.3) is 5.91 Å². The average molecular weight is 511 g/mol. The summed E-state index contributed by atoms with van der Waals surface area (Å²) in [5.74, 6) is -0.264. The van der Waals surface area contributed by atoms with Crippen LogP contribution in [0.15, 0.2) is 36.5 Å². The number of esters is 1. The van der Waals surface area contributed by atoms with E-state index >= 15 is 0 Å². The van der Waals surface area contributed by atoms with E-state index in [1.165, 1.54) is 19.2 Å². The number of pyridine rings is 1. The molecule has 1 aliphatic carbocycles. The number of nitrogens with two attached hydrogens (primary N) is 1. The summed E-state index contributed by atoms with van der Waals surface area (Å²) < 4.78 is 11.8. The lowest BCUT2D eigenvalue weighted by atomic mass is 9.91. The van der Waals surface area contributed by atoms with Gasteiger partial charge in [-0.2, -0.15) is 0 Å². The SMILES string of the molecule is CCOC(=O)CNc1c(-c2ccc(OC)c([N+](=O)[O-])c2)nc2c(C(=O)NC3CCC(N)CC3)cccn12. The number of imidazole rings is 1. The number of fused-ring (bicyclic) bond motifs is 1. The first kappa shape index (κ1) is 25.9. The largest absolute Gasteiger partial charge is 0.490 e. The number of nitro benzene ring substituents is 1. The molecule has 0 unspecified atom stereocenters. The van der Waals surface area contributed by atoms with Gasteiger partial charge in [-0.3, -0.25) is 24.1 Å². The van der Waals surface area contributed by atoms with Gasteiger partial charge in [-0.15, -0.1) is 0 Å². The monoisotopic (exact) mass is 510 g/mol. The molecule has 2 heterocycles. The Balaban J connectivity index is 1.77. The number of hydrogen-bond acceptors (Lipinski definition) is 9. The van der Waals surface area contributed by atoms with E-state index in [9.17, 15) is 19.7 Å². The van der Waals surface area contributed by atoms with Crippen molar-refractivity contribution in [1.82, 2.24) is 14.7 Å². The summed E-state index contributed by atoms with van der Waals surface area (Å²) in [7, 11) is 1.35. The summed E-state index contributed by atoms with van der Waals surface area (Å²) in [5.41, 5.74) is 7.18. The third kappa shape index (κ3) is 5.64. The number of benzene rings is 1. The van der Waals surface area contributed by atoms with Crippen LogP contribution < -0.4 is 21.1 Å². The minimum Gasteiger partial charge on any atom is -0.490 e. The Morgan fingerprint density at radius 3 is 2.68 bits per heavy atom. The number of carbonyl (C=O) groups is 2. The molecule has 1 fully saturated rings. The molecule has 1 aromatic carbocycles. The highest BCUT2D eigenvalue weighted by atomic mass is 16.6. The number of ether oxygens (including phenoxy) is 2. The Hall–Kier alpha value is -4.19. The molecule has 1 amide bonds. The van der Waals surface area contributed by atoms with Crippen molar-refractivity contribution >= 4 is 29.0 Å². The molecule has 0 spiro atoms. The van der Waals surface area contributed by atoms with E-state index in [0.29, 0.717) is 28.3 Å². The van der Waals surface area contributed by atoms with E-state index in [1.54, 1.807) is 35.7 Å². The first-order chi connectivity index (χ1) is 17.8. The predicted octanol–water partition coefficient (Wildman–Crippen LogP) is 2.89. The van der Waals surface area contributed by atoms with Crippen LogP contribution in [0.2, 0.25) is 0 Å². The van der Waals surface area contributed by atoms with Crippen LogP contribution in [0.25, 0.3) is 16.9 Å². The topological polar surface area (TPSA) is 163 Å². The normalized spacial score (nSPS) is 17.3. The Morgan fingerprint density at radius 2 is 2.00 bits per heavy atom. The summed E-state index contributed by atoms with van der Waals surface area (Å²) in [5, 5.41) is 17.7. The van der Waals surface area contributed by atoms with Gasteiger partial charge in [0.1, 0.15) is 18.1 Å². The number of rotatable bonds is 9. The second-order valence-corrected chi connectivity index (χ2v) is 8.81. The van der Waals surface area contributed by atoms with Crippen LogP contribution in [0, 0.1) is 10.1 Å². The van der Waals surface area contributed by atoms with E-state index in [-0.39, 0.29) is 42.6 Å². The molecule has 196 valence electrons. The standard InChI is InChI=1S/C25H30N6O6/c1-3-37-21(32)14-27-24-22(15-6-11-20(36-2)19(13-15)31(34)35)29-23-18(5-4-12-30(23)24)25(33)28-17-9-7-16(26)8-10-17/h4-6,11-13,16-17,27H,3,7-10,14,26H2,1-2H3,(H,28,33). The second-order valence-electron chi connectivity index (χ2n) is 8.81. The average Bonchev–Trinajstić information content (AvgIpc) is 3.27. The fourth-order valence-electron chi connectivity index (χ4n) is 4.49. The predicted molar refractivity (Wildman–Crippen MR) is 137 cm³/mol. The first-order valence-electron chi connectivity index (χ1n) is 12.1. The molecule has 4 rings (SSSR count). The van der Waals surface area contributed by atoms with Crippen LogP contribution in [0.4, 0.5) is 11.5 Å². The summed E-state index contributed by atoms with van der Waals surface area (Å²) in [6.45, 7) is 1.77. The quantitative estimate of drug-likeness (QED) is 0.223. The summed E-state index contributed by atoms with van der Waals surface area (Å²) in [4.78, 5) is 41.1. The number of nitro groups is 1. The van der Waals surface area contributed by atoms with Crippen molar-refractivity contribution in [3.63, 3.8) is 0 Å².